The van der Waals surface area contributed by atoms with Crippen LogP contribution < -0.4 is 5.73 Å². The third-order valence-corrected chi connectivity index (χ3v) is 2.53. The highest BCUT2D eigenvalue weighted by Crippen LogP contribution is 2.11. The van der Waals surface area contributed by atoms with Crippen molar-refractivity contribution in [3.63, 3.8) is 0 Å². The molecule has 0 spiro atoms. The number of imidazole rings is 1. The Bertz CT molecular complexity index is 528. The van der Waals surface area contributed by atoms with Crippen molar-refractivity contribution < 1.29 is 19.3 Å². The molecule has 124 valence electrons. The molecule has 1 aliphatic rings. The first-order valence-electron chi connectivity index (χ1n) is 6.97. The van der Waals surface area contributed by atoms with Gasteiger partial charge in [-0.25, -0.2) is 15.0 Å². The van der Waals surface area contributed by atoms with Crippen LogP contribution >= 0.6 is 0 Å². The molecule has 0 aromatic carbocycles. The topological polar surface area (TPSA) is 119 Å². The minimum absolute atomic E-state index is 0.0139. The van der Waals surface area contributed by atoms with Gasteiger partial charge in [-0.3, -0.25) is 0 Å². The van der Waals surface area contributed by atoms with E-state index in [1.807, 2.05) is 0 Å². The van der Waals surface area contributed by atoms with Crippen molar-refractivity contribution in [3.8, 4) is 0 Å². The van der Waals surface area contributed by atoms with Crippen LogP contribution in [0.3, 0.4) is 0 Å². The van der Waals surface area contributed by atoms with E-state index >= 15 is 0 Å². The predicted octanol–water partition coefficient (Wildman–Crippen LogP) is 1.39. The minimum atomic E-state index is -0.167. The van der Waals surface area contributed by atoms with Crippen molar-refractivity contribution in [3.05, 3.63) is 12.7 Å². The maximum Gasteiger partial charge on any atom is 0.182 e. The number of aliphatic hydroxyl groups excluding tert-OH is 1. The highest BCUT2D eigenvalue weighted by atomic mass is 19.3. The molecule has 0 amide bonds. The Morgan fingerprint density at radius 2 is 2.23 bits per heavy atom. The molecular formula is C13H22FN5O3. The Labute approximate surface area is 127 Å². The van der Waals surface area contributed by atoms with Gasteiger partial charge in [-0.15, -0.1) is 0 Å². The van der Waals surface area contributed by atoms with Crippen LogP contribution in [0.4, 0.5) is 10.3 Å². The fourth-order valence-electron chi connectivity index (χ4n) is 1.63. The lowest BCUT2D eigenvalue weighted by Gasteiger charge is -2.02. The van der Waals surface area contributed by atoms with Gasteiger partial charge < -0.3 is 20.6 Å². The van der Waals surface area contributed by atoms with E-state index in [2.05, 4.69) is 24.9 Å². The summed E-state index contributed by atoms with van der Waals surface area (Å²) in [5.41, 5.74) is 6.78. The van der Waals surface area contributed by atoms with E-state index in [1.54, 1.807) is 13.8 Å². The van der Waals surface area contributed by atoms with Crippen LogP contribution in [0.15, 0.2) is 12.7 Å². The lowest BCUT2D eigenvalue weighted by molar-refractivity contribution is -0.158. The lowest BCUT2D eigenvalue weighted by Crippen LogP contribution is -2.10. The van der Waals surface area contributed by atoms with Crippen LogP contribution in [-0.2, 0) is 9.68 Å². The number of hydrogen-bond donors (Lipinski definition) is 3. The Morgan fingerprint density at radius 3 is 2.77 bits per heavy atom. The molecule has 1 atom stereocenters. The molecule has 1 saturated heterocycles. The number of rotatable bonds is 2. The van der Waals surface area contributed by atoms with Crippen LogP contribution in [0.1, 0.15) is 26.7 Å². The van der Waals surface area contributed by atoms with Gasteiger partial charge in [0, 0.05) is 12.7 Å². The molecule has 2 aromatic heterocycles. The molecule has 9 heteroatoms. The molecule has 1 unspecified atom stereocenters. The van der Waals surface area contributed by atoms with Crippen LogP contribution in [0, 0.1) is 0 Å². The van der Waals surface area contributed by atoms with Gasteiger partial charge in [-0.1, -0.05) is 0 Å². The molecule has 3 rings (SSSR count). The van der Waals surface area contributed by atoms with E-state index in [9.17, 15) is 4.53 Å². The van der Waals surface area contributed by atoms with Crippen molar-refractivity contribution in [1.29, 1.82) is 0 Å². The van der Waals surface area contributed by atoms with Gasteiger partial charge in [0.2, 0.25) is 0 Å². The Hall–Kier alpha value is -1.84. The number of anilines is 1. The fraction of sp³-hybridized carbons (Fsp3) is 0.615. The van der Waals surface area contributed by atoms with Crippen molar-refractivity contribution in [2.75, 3.05) is 18.9 Å². The summed E-state index contributed by atoms with van der Waals surface area (Å²) in [5.74, 6) is 0.433. The summed E-state index contributed by atoms with van der Waals surface area (Å²) < 4.78 is 16.1. The number of fused-ring (bicyclic) bond motifs is 1. The van der Waals surface area contributed by atoms with Gasteiger partial charge in [0.15, 0.2) is 11.5 Å². The second-order valence-electron chi connectivity index (χ2n) is 4.86. The maximum absolute atomic E-state index is 11.1. The van der Waals surface area contributed by atoms with Crippen LogP contribution in [0.2, 0.25) is 0 Å². The fourth-order valence-corrected chi connectivity index (χ4v) is 1.63. The van der Waals surface area contributed by atoms with Crippen molar-refractivity contribution in [2.24, 2.45) is 0 Å². The Morgan fingerprint density at radius 1 is 1.50 bits per heavy atom. The summed E-state index contributed by atoms with van der Waals surface area (Å²) in [7, 11) is 0. The van der Waals surface area contributed by atoms with Gasteiger partial charge in [-0.2, -0.15) is 4.94 Å². The number of halogens is 1. The molecule has 22 heavy (non-hydrogen) atoms. The molecule has 3 heterocycles. The van der Waals surface area contributed by atoms with E-state index in [0.717, 1.165) is 19.4 Å². The molecule has 1 fully saturated rings. The summed E-state index contributed by atoms with van der Waals surface area (Å²) >= 11 is 0. The molecule has 0 radical (unpaired) electrons. The SMILES string of the molecule is CC(C)O.FOCC1CCCO1.Nc1ncnc2nc[nH]c12. The van der Waals surface area contributed by atoms with Crippen molar-refractivity contribution in [1.82, 2.24) is 19.9 Å². The smallest absolute Gasteiger partial charge is 0.182 e. The summed E-state index contributed by atoms with van der Waals surface area (Å²) in [5, 5.41) is 8.06. The summed E-state index contributed by atoms with van der Waals surface area (Å²) in [6.07, 6.45) is 4.74. The second-order valence-corrected chi connectivity index (χ2v) is 4.86. The molecule has 0 saturated carbocycles. The zero-order valence-corrected chi connectivity index (χ0v) is 12.7. The lowest BCUT2D eigenvalue weighted by atomic mass is 10.2. The average Bonchev–Trinajstić information content (AvgIpc) is 3.10. The summed E-state index contributed by atoms with van der Waals surface area (Å²) in [6, 6.07) is 0. The number of nitrogens with two attached hydrogens (primary N) is 1. The van der Waals surface area contributed by atoms with Crippen molar-refractivity contribution in [2.45, 2.75) is 38.9 Å². The van der Waals surface area contributed by atoms with Gasteiger partial charge in [0.1, 0.15) is 18.5 Å². The number of nitrogens with one attached hydrogen (secondary N) is 1. The zero-order chi connectivity index (χ0) is 16.4. The first-order valence-corrected chi connectivity index (χ1v) is 6.97. The molecular weight excluding hydrogens is 293 g/mol. The number of aromatic nitrogens is 4. The number of hydrogen-bond acceptors (Lipinski definition) is 7. The first-order chi connectivity index (χ1) is 10.5. The molecule has 4 N–H and O–H groups in total. The highest BCUT2D eigenvalue weighted by Gasteiger charge is 2.15. The van der Waals surface area contributed by atoms with E-state index in [1.165, 1.54) is 12.7 Å². The maximum atomic E-state index is 11.1. The third-order valence-electron chi connectivity index (χ3n) is 2.53. The Balaban J connectivity index is 0.000000182. The monoisotopic (exact) mass is 315 g/mol. The molecule has 0 aliphatic carbocycles. The standard InChI is InChI=1S/C5H9FO2.C5H5N5.C3H8O/c6-8-4-5-2-1-3-7-5;6-4-3-5(9-1-7-3)10-2-8-4;1-3(2)4/h5H,1-4H2;1-2H,(H3,6,7,8,9,10);3-4H,1-2H3. The third kappa shape index (κ3) is 6.74. The van der Waals surface area contributed by atoms with Crippen LogP contribution in [0.25, 0.3) is 11.2 Å². The second kappa shape index (κ2) is 9.98. The van der Waals surface area contributed by atoms with Gasteiger partial charge in [0.05, 0.1) is 12.4 Å². The number of nitrogens with zero attached hydrogens (tertiary/aromatic N) is 3. The molecule has 2 aromatic rings. The van der Waals surface area contributed by atoms with Crippen molar-refractivity contribution >= 4 is 17.0 Å². The first kappa shape index (κ1) is 18.2. The predicted molar refractivity (Wildman–Crippen MR) is 79.5 cm³/mol. The van der Waals surface area contributed by atoms with Gasteiger partial charge >= 0.3 is 0 Å². The summed E-state index contributed by atoms with van der Waals surface area (Å²) in [4.78, 5) is 17.8. The molecule has 1 aliphatic heterocycles. The Kier molecular flexibility index (Phi) is 8.26. The normalized spacial score (nSPS) is 16.9. The number of aromatic amines is 1. The molecule has 0 bridgehead atoms. The number of H-pyrrole nitrogens is 1. The van der Waals surface area contributed by atoms with E-state index in [4.69, 9.17) is 15.6 Å². The zero-order valence-electron chi connectivity index (χ0n) is 12.7. The van der Waals surface area contributed by atoms with E-state index in [0.29, 0.717) is 17.0 Å². The largest absolute Gasteiger partial charge is 0.394 e. The van der Waals surface area contributed by atoms with Gasteiger partial charge in [0.25, 0.3) is 0 Å². The quantitative estimate of drug-likeness (QED) is 0.766. The van der Waals surface area contributed by atoms with Crippen LogP contribution in [0.5, 0.6) is 0 Å². The van der Waals surface area contributed by atoms with E-state index < -0.39 is 0 Å². The average molecular weight is 315 g/mol. The summed E-state index contributed by atoms with van der Waals surface area (Å²) in [6.45, 7) is 4.30. The number of aliphatic hydroxyl groups is 1. The molecule has 8 nitrogen and oxygen atoms in total. The number of ether oxygens (including phenoxy) is 1. The van der Waals surface area contributed by atoms with Crippen LogP contribution in [-0.4, -0.2) is 50.5 Å². The highest BCUT2D eigenvalue weighted by molar-refractivity contribution is 5.80. The van der Waals surface area contributed by atoms with Gasteiger partial charge in [-0.05, 0) is 31.2 Å². The minimum Gasteiger partial charge on any atom is -0.394 e. The number of nitrogen functional groups attached to an aromatic ring is 1. The van der Waals surface area contributed by atoms with E-state index in [-0.39, 0.29) is 18.8 Å².